The van der Waals surface area contributed by atoms with E-state index in [4.69, 9.17) is 4.74 Å². The molecule has 0 amide bonds. The Morgan fingerprint density at radius 3 is 2.61 bits per heavy atom. The third kappa shape index (κ3) is 1.70. The van der Waals surface area contributed by atoms with E-state index in [1.54, 1.807) is 0 Å². The van der Waals surface area contributed by atoms with Crippen molar-refractivity contribution in [2.45, 2.75) is 38.3 Å². The first-order chi connectivity index (χ1) is 11.1. The van der Waals surface area contributed by atoms with Gasteiger partial charge in [0.25, 0.3) is 0 Å². The minimum absolute atomic E-state index is 0.0898. The first-order valence-corrected chi connectivity index (χ1v) is 8.04. The largest absolute Gasteiger partial charge is 0.387 e. The molecule has 1 aliphatic heterocycles. The normalized spacial score (nSPS) is 28.7. The van der Waals surface area contributed by atoms with Crippen LogP contribution < -0.4 is 0 Å². The molecule has 0 spiro atoms. The van der Waals surface area contributed by atoms with E-state index in [1.165, 1.54) is 32.7 Å². The molecule has 0 saturated carbocycles. The Hall–Kier alpha value is -1.94. The van der Waals surface area contributed by atoms with Crippen molar-refractivity contribution in [2.24, 2.45) is 0 Å². The second-order valence-electron chi connectivity index (χ2n) is 6.87. The number of fused-ring (bicyclic) bond motifs is 7. The van der Waals surface area contributed by atoms with Crippen LogP contribution in [0.25, 0.3) is 21.5 Å². The maximum absolute atomic E-state index is 10.4. The number of epoxide rings is 1. The molecule has 5 rings (SSSR count). The zero-order valence-corrected chi connectivity index (χ0v) is 13.1. The van der Waals surface area contributed by atoms with Crippen LogP contribution >= 0.6 is 0 Å². The highest BCUT2D eigenvalue weighted by atomic mass is 16.6. The number of benzene rings is 3. The van der Waals surface area contributed by atoms with Crippen LogP contribution in [0.1, 0.15) is 34.5 Å². The third-order valence-corrected chi connectivity index (χ3v) is 5.33. The maximum atomic E-state index is 10.4. The fourth-order valence-electron chi connectivity index (χ4n) is 4.16. The highest BCUT2D eigenvalue weighted by molar-refractivity contribution is 6.10. The lowest BCUT2D eigenvalue weighted by Crippen LogP contribution is -2.29. The minimum Gasteiger partial charge on any atom is -0.387 e. The molecule has 1 saturated heterocycles. The molecule has 2 aliphatic rings. The lowest BCUT2D eigenvalue weighted by atomic mass is 9.82. The molecular weight excluding hydrogens is 288 g/mol. The van der Waals surface area contributed by atoms with Gasteiger partial charge in [0.15, 0.2) is 0 Å². The van der Waals surface area contributed by atoms with E-state index in [0.717, 1.165) is 11.1 Å². The summed E-state index contributed by atoms with van der Waals surface area (Å²) >= 11 is 0. The van der Waals surface area contributed by atoms with Crippen molar-refractivity contribution in [1.82, 2.24) is 0 Å². The first kappa shape index (κ1) is 13.5. The number of rotatable bonds is 0. The van der Waals surface area contributed by atoms with Gasteiger partial charge in [-0.3, -0.25) is 0 Å². The average molecular weight is 306 g/mol. The van der Waals surface area contributed by atoms with Crippen LogP contribution in [0.15, 0.2) is 36.4 Å². The molecule has 1 heterocycles. The molecule has 116 valence electrons. The number of aliphatic hydroxyl groups excluding tert-OH is 2. The van der Waals surface area contributed by atoms with Gasteiger partial charge in [-0.05, 0) is 52.1 Å². The number of hydrogen-bond donors (Lipinski definition) is 2. The Balaban J connectivity index is 1.93. The molecule has 0 aromatic heterocycles. The molecule has 3 heteroatoms. The molecular formula is C20H18O3. The Morgan fingerprint density at radius 1 is 0.957 bits per heavy atom. The molecule has 3 aromatic carbocycles. The van der Waals surface area contributed by atoms with Crippen molar-refractivity contribution in [3.8, 4) is 0 Å². The molecule has 3 aromatic rings. The van der Waals surface area contributed by atoms with Crippen LogP contribution in [0.3, 0.4) is 0 Å². The summed E-state index contributed by atoms with van der Waals surface area (Å²) in [5, 5.41) is 25.3. The van der Waals surface area contributed by atoms with Gasteiger partial charge >= 0.3 is 0 Å². The van der Waals surface area contributed by atoms with Gasteiger partial charge in [0, 0.05) is 0 Å². The molecule has 0 radical (unpaired) electrons. The Labute approximate surface area is 134 Å². The summed E-state index contributed by atoms with van der Waals surface area (Å²) < 4.78 is 5.68. The molecule has 4 atom stereocenters. The highest BCUT2D eigenvalue weighted by Gasteiger charge is 2.54. The van der Waals surface area contributed by atoms with Crippen LogP contribution in [-0.2, 0) is 4.74 Å². The second-order valence-corrected chi connectivity index (χ2v) is 6.87. The van der Waals surface area contributed by atoms with Gasteiger partial charge in [0.1, 0.15) is 24.4 Å². The van der Waals surface area contributed by atoms with Crippen molar-refractivity contribution in [3.05, 3.63) is 58.7 Å². The summed E-state index contributed by atoms with van der Waals surface area (Å²) in [4.78, 5) is 0. The SMILES string of the molecule is Cc1ccc2cc(C)c3c4c(ccc3c2c1)[C@@H](O)[C@H](O)[C@@H]1O[C@H]41. The van der Waals surface area contributed by atoms with Crippen LogP contribution in [0.5, 0.6) is 0 Å². The summed E-state index contributed by atoms with van der Waals surface area (Å²) in [6, 6.07) is 12.7. The van der Waals surface area contributed by atoms with Crippen LogP contribution in [0, 0.1) is 13.8 Å². The summed E-state index contributed by atoms with van der Waals surface area (Å²) in [7, 11) is 0. The van der Waals surface area contributed by atoms with Gasteiger partial charge in [-0.2, -0.15) is 0 Å². The topological polar surface area (TPSA) is 53.0 Å². The van der Waals surface area contributed by atoms with E-state index in [-0.39, 0.29) is 12.2 Å². The number of hydrogen-bond acceptors (Lipinski definition) is 3. The first-order valence-electron chi connectivity index (χ1n) is 8.04. The van der Waals surface area contributed by atoms with Crippen LogP contribution in [0.2, 0.25) is 0 Å². The highest BCUT2D eigenvalue weighted by Crippen LogP contribution is 2.53. The lowest BCUT2D eigenvalue weighted by molar-refractivity contribution is 0.000104. The van der Waals surface area contributed by atoms with Crippen molar-refractivity contribution in [3.63, 3.8) is 0 Å². The van der Waals surface area contributed by atoms with E-state index in [9.17, 15) is 10.2 Å². The molecule has 1 fully saturated rings. The van der Waals surface area contributed by atoms with Gasteiger partial charge in [-0.15, -0.1) is 0 Å². The number of ether oxygens (including phenoxy) is 1. The van der Waals surface area contributed by atoms with Gasteiger partial charge in [-0.25, -0.2) is 0 Å². The lowest BCUT2D eigenvalue weighted by Gasteiger charge is -2.25. The fourth-order valence-corrected chi connectivity index (χ4v) is 4.16. The van der Waals surface area contributed by atoms with Gasteiger partial charge in [0.2, 0.25) is 0 Å². The molecule has 1 aliphatic carbocycles. The number of aryl methyl sites for hydroxylation is 2. The van der Waals surface area contributed by atoms with E-state index in [1.807, 2.05) is 6.07 Å². The van der Waals surface area contributed by atoms with E-state index < -0.39 is 12.2 Å². The van der Waals surface area contributed by atoms with Crippen molar-refractivity contribution >= 4 is 21.5 Å². The maximum Gasteiger partial charge on any atom is 0.118 e. The number of aliphatic hydroxyl groups is 2. The Morgan fingerprint density at radius 2 is 1.78 bits per heavy atom. The van der Waals surface area contributed by atoms with E-state index >= 15 is 0 Å². The minimum atomic E-state index is -0.870. The van der Waals surface area contributed by atoms with Crippen molar-refractivity contribution in [1.29, 1.82) is 0 Å². The van der Waals surface area contributed by atoms with E-state index in [0.29, 0.717) is 0 Å². The van der Waals surface area contributed by atoms with Crippen LogP contribution in [0.4, 0.5) is 0 Å². The molecule has 23 heavy (non-hydrogen) atoms. The molecule has 0 unspecified atom stereocenters. The van der Waals surface area contributed by atoms with E-state index in [2.05, 4.69) is 44.2 Å². The van der Waals surface area contributed by atoms with Gasteiger partial charge in [-0.1, -0.05) is 42.0 Å². The summed E-state index contributed by atoms with van der Waals surface area (Å²) in [6.45, 7) is 4.21. The summed E-state index contributed by atoms with van der Waals surface area (Å²) in [5.74, 6) is 0. The molecule has 2 N–H and O–H groups in total. The third-order valence-electron chi connectivity index (χ3n) is 5.33. The Bertz CT molecular complexity index is 976. The van der Waals surface area contributed by atoms with Gasteiger partial charge < -0.3 is 14.9 Å². The van der Waals surface area contributed by atoms with Crippen LogP contribution in [-0.4, -0.2) is 22.4 Å². The fraction of sp³-hybridized carbons (Fsp3) is 0.300. The monoisotopic (exact) mass is 306 g/mol. The summed E-state index contributed by atoms with van der Waals surface area (Å²) in [6.07, 6.45) is -2.05. The smallest absolute Gasteiger partial charge is 0.118 e. The summed E-state index contributed by atoms with van der Waals surface area (Å²) in [5.41, 5.74) is 4.28. The van der Waals surface area contributed by atoms with Crippen molar-refractivity contribution in [2.75, 3.05) is 0 Å². The predicted octanol–water partition coefficient (Wildman–Crippen LogP) is 3.46. The molecule has 3 nitrogen and oxygen atoms in total. The zero-order chi connectivity index (χ0) is 15.9. The standard InChI is InChI=1S/C20H18O3/c1-9-3-4-11-8-10(2)15-12(14(11)7-9)5-6-13-16(15)19-20(23-19)18(22)17(13)21/h3-8,17-22H,1-2H3/t17-,18+,19-,20+/m1/s1. The van der Waals surface area contributed by atoms with Crippen molar-refractivity contribution < 1.29 is 14.9 Å². The zero-order valence-electron chi connectivity index (χ0n) is 13.1. The quantitative estimate of drug-likeness (QED) is 0.494. The second kappa shape index (κ2) is 4.32. The van der Waals surface area contributed by atoms with Gasteiger partial charge in [0.05, 0.1) is 0 Å². The predicted molar refractivity (Wildman–Crippen MR) is 89.5 cm³/mol. The molecule has 0 bridgehead atoms. The Kier molecular flexibility index (Phi) is 2.54. The average Bonchev–Trinajstić information content (AvgIpc) is 3.33.